The Balaban J connectivity index is 2.33. The standard InChI is InChI=1S/C15H9NO4/c16-11-6-7(15(19)20)5-10-12(11)14(18)9-4-2-1-3-8(9)13(10)17/h1-6H,16H2,(H,19,20). The molecule has 0 spiro atoms. The minimum absolute atomic E-state index is 0.00718. The topological polar surface area (TPSA) is 97.5 Å². The Labute approximate surface area is 113 Å². The van der Waals surface area contributed by atoms with E-state index in [2.05, 4.69) is 0 Å². The lowest BCUT2D eigenvalue weighted by Crippen LogP contribution is -2.23. The summed E-state index contributed by atoms with van der Waals surface area (Å²) in [5.41, 5.74) is 6.34. The van der Waals surface area contributed by atoms with Crippen LogP contribution in [-0.4, -0.2) is 22.6 Å². The molecule has 0 aliphatic heterocycles. The number of rotatable bonds is 1. The molecule has 1 aliphatic carbocycles. The Kier molecular flexibility index (Phi) is 2.44. The van der Waals surface area contributed by atoms with Crippen molar-refractivity contribution in [3.05, 3.63) is 64.2 Å². The molecule has 1 aliphatic rings. The lowest BCUT2D eigenvalue weighted by molar-refractivity contribution is 0.0696. The van der Waals surface area contributed by atoms with Crippen LogP contribution in [0.2, 0.25) is 0 Å². The second-order valence-electron chi connectivity index (χ2n) is 4.50. The van der Waals surface area contributed by atoms with Crippen LogP contribution in [0, 0.1) is 0 Å². The molecule has 3 rings (SSSR count). The smallest absolute Gasteiger partial charge is 0.335 e. The summed E-state index contributed by atoms with van der Waals surface area (Å²) in [6.45, 7) is 0. The van der Waals surface area contributed by atoms with Crippen LogP contribution < -0.4 is 5.73 Å². The molecule has 0 atom stereocenters. The number of carboxylic acid groups (broad SMARTS) is 1. The van der Waals surface area contributed by atoms with Gasteiger partial charge in [0.2, 0.25) is 0 Å². The van der Waals surface area contributed by atoms with Gasteiger partial charge < -0.3 is 10.8 Å². The number of ketones is 2. The average molecular weight is 267 g/mol. The molecular weight excluding hydrogens is 258 g/mol. The number of carbonyl (C=O) groups is 3. The molecule has 0 fully saturated rings. The minimum atomic E-state index is -1.20. The number of benzene rings is 2. The van der Waals surface area contributed by atoms with Gasteiger partial charge in [-0.1, -0.05) is 24.3 Å². The normalized spacial score (nSPS) is 12.8. The molecule has 0 amide bonds. The van der Waals surface area contributed by atoms with Crippen molar-refractivity contribution in [1.82, 2.24) is 0 Å². The highest BCUT2D eigenvalue weighted by atomic mass is 16.4. The molecule has 0 saturated carbocycles. The van der Waals surface area contributed by atoms with Crippen molar-refractivity contribution in [2.45, 2.75) is 0 Å². The molecule has 2 aromatic carbocycles. The third-order valence-electron chi connectivity index (χ3n) is 3.30. The van der Waals surface area contributed by atoms with E-state index in [0.717, 1.165) is 0 Å². The Morgan fingerprint density at radius 3 is 2.15 bits per heavy atom. The fourth-order valence-electron chi connectivity index (χ4n) is 2.38. The second-order valence-corrected chi connectivity index (χ2v) is 4.50. The van der Waals surface area contributed by atoms with E-state index in [4.69, 9.17) is 10.8 Å². The predicted octanol–water partition coefficient (Wildman–Crippen LogP) is 1.74. The SMILES string of the molecule is Nc1cc(C(=O)O)cc2c1C(=O)c1ccccc1C2=O. The fourth-order valence-corrected chi connectivity index (χ4v) is 2.38. The molecule has 20 heavy (non-hydrogen) atoms. The Hall–Kier alpha value is -2.95. The minimum Gasteiger partial charge on any atom is -0.478 e. The van der Waals surface area contributed by atoms with Gasteiger partial charge >= 0.3 is 5.97 Å². The number of hydrogen-bond acceptors (Lipinski definition) is 4. The number of nitrogens with two attached hydrogens (primary N) is 1. The lowest BCUT2D eigenvalue weighted by Gasteiger charge is -2.19. The molecule has 0 unspecified atom stereocenters. The zero-order valence-corrected chi connectivity index (χ0v) is 10.2. The summed E-state index contributed by atoms with van der Waals surface area (Å²) >= 11 is 0. The maximum atomic E-state index is 12.4. The summed E-state index contributed by atoms with van der Waals surface area (Å²) in [5, 5.41) is 9.01. The average Bonchev–Trinajstić information content (AvgIpc) is 2.44. The van der Waals surface area contributed by atoms with E-state index < -0.39 is 5.97 Å². The molecule has 0 saturated heterocycles. The Morgan fingerprint density at radius 2 is 1.55 bits per heavy atom. The third kappa shape index (κ3) is 1.53. The number of hydrogen-bond donors (Lipinski definition) is 2. The molecule has 0 radical (unpaired) electrons. The van der Waals surface area contributed by atoms with Crippen LogP contribution in [0.15, 0.2) is 36.4 Å². The van der Waals surface area contributed by atoms with Crippen LogP contribution in [0.5, 0.6) is 0 Å². The van der Waals surface area contributed by atoms with Gasteiger partial charge in [0.15, 0.2) is 11.6 Å². The molecule has 5 heteroatoms. The van der Waals surface area contributed by atoms with Gasteiger partial charge in [-0.25, -0.2) is 4.79 Å². The van der Waals surface area contributed by atoms with Gasteiger partial charge in [-0.3, -0.25) is 9.59 Å². The van der Waals surface area contributed by atoms with Gasteiger partial charge in [0.05, 0.1) is 11.1 Å². The number of fused-ring (bicyclic) bond motifs is 2. The van der Waals surface area contributed by atoms with Crippen molar-refractivity contribution in [1.29, 1.82) is 0 Å². The van der Waals surface area contributed by atoms with Crippen LogP contribution in [0.3, 0.4) is 0 Å². The molecule has 5 nitrogen and oxygen atoms in total. The van der Waals surface area contributed by atoms with Crippen LogP contribution >= 0.6 is 0 Å². The zero-order chi connectivity index (χ0) is 14.4. The van der Waals surface area contributed by atoms with E-state index in [1.54, 1.807) is 24.3 Å². The molecule has 2 aromatic rings. The first-order chi connectivity index (χ1) is 9.50. The molecule has 3 N–H and O–H groups in total. The molecular formula is C15H9NO4. The van der Waals surface area contributed by atoms with E-state index in [-0.39, 0.29) is 39.5 Å². The largest absolute Gasteiger partial charge is 0.478 e. The first kappa shape index (κ1) is 12.1. The highest BCUT2D eigenvalue weighted by Crippen LogP contribution is 2.31. The Morgan fingerprint density at radius 1 is 0.950 bits per heavy atom. The summed E-state index contributed by atoms with van der Waals surface area (Å²) in [6, 6.07) is 8.81. The summed E-state index contributed by atoms with van der Waals surface area (Å²) < 4.78 is 0. The van der Waals surface area contributed by atoms with Crippen LogP contribution in [0.25, 0.3) is 0 Å². The van der Waals surface area contributed by atoms with Gasteiger partial charge in [0.1, 0.15) is 0 Å². The van der Waals surface area contributed by atoms with Crippen molar-refractivity contribution in [2.24, 2.45) is 0 Å². The van der Waals surface area contributed by atoms with E-state index in [0.29, 0.717) is 5.56 Å². The van der Waals surface area contributed by atoms with Gasteiger partial charge in [-0.2, -0.15) is 0 Å². The summed E-state index contributed by atoms with van der Waals surface area (Å²) in [7, 11) is 0. The summed E-state index contributed by atoms with van der Waals surface area (Å²) in [4.78, 5) is 35.8. The van der Waals surface area contributed by atoms with E-state index in [1.807, 2.05) is 0 Å². The zero-order valence-electron chi connectivity index (χ0n) is 10.2. The molecule has 0 bridgehead atoms. The third-order valence-corrected chi connectivity index (χ3v) is 3.30. The number of anilines is 1. The van der Waals surface area contributed by atoms with Crippen molar-refractivity contribution >= 4 is 23.2 Å². The highest BCUT2D eigenvalue weighted by Gasteiger charge is 2.31. The quantitative estimate of drug-likeness (QED) is 0.654. The van der Waals surface area contributed by atoms with Crippen molar-refractivity contribution in [3.63, 3.8) is 0 Å². The predicted molar refractivity (Wildman–Crippen MR) is 71.1 cm³/mol. The molecule has 98 valence electrons. The van der Waals surface area contributed by atoms with Gasteiger partial charge in [0, 0.05) is 22.4 Å². The number of aromatic carboxylic acids is 1. The van der Waals surface area contributed by atoms with E-state index in [1.165, 1.54) is 12.1 Å². The second kappa shape index (κ2) is 4.03. The fraction of sp³-hybridized carbons (Fsp3) is 0. The van der Waals surface area contributed by atoms with Gasteiger partial charge in [-0.15, -0.1) is 0 Å². The van der Waals surface area contributed by atoms with Gasteiger partial charge in [0.25, 0.3) is 0 Å². The maximum absolute atomic E-state index is 12.4. The maximum Gasteiger partial charge on any atom is 0.335 e. The lowest BCUT2D eigenvalue weighted by atomic mass is 9.82. The first-order valence-electron chi connectivity index (χ1n) is 5.86. The molecule has 0 aromatic heterocycles. The van der Waals surface area contributed by atoms with Crippen LogP contribution in [0.1, 0.15) is 42.2 Å². The summed E-state index contributed by atoms with van der Waals surface area (Å²) in [5.74, 6) is -1.94. The van der Waals surface area contributed by atoms with E-state index >= 15 is 0 Å². The number of nitrogen functional groups attached to an aromatic ring is 1. The van der Waals surface area contributed by atoms with E-state index in [9.17, 15) is 14.4 Å². The Bertz CT molecular complexity index is 792. The van der Waals surface area contributed by atoms with Crippen molar-refractivity contribution in [2.75, 3.05) is 5.73 Å². The number of carboxylic acids is 1. The number of carbonyl (C=O) groups excluding carboxylic acids is 2. The first-order valence-corrected chi connectivity index (χ1v) is 5.86. The summed E-state index contributed by atoms with van der Waals surface area (Å²) in [6.07, 6.45) is 0. The van der Waals surface area contributed by atoms with Gasteiger partial charge in [-0.05, 0) is 12.1 Å². The van der Waals surface area contributed by atoms with Crippen LogP contribution in [-0.2, 0) is 0 Å². The van der Waals surface area contributed by atoms with Crippen LogP contribution in [0.4, 0.5) is 5.69 Å². The monoisotopic (exact) mass is 267 g/mol. The van der Waals surface area contributed by atoms with Crippen molar-refractivity contribution in [3.8, 4) is 0 Å². The molecule has 0 heterocycles. The highest BCUT2D eigenvalue weighted by molar-refractivity contribution is 6.30. The van der Waals surface area contributed by atoms with Crippen molar-refractivity contribution < 1.29 is 19.5 Å².